The monoisotopic (exact) mass is 328 g/mol. The van der Waals surface area contributed by atoms with Gasteiger partial charge >= 0.3 is 0 Å². The molecule has 1 aromatic carbocycles. The van der Waals surface area contributed by atoms with E-state index in [2.05, 4.69) is 72.8 Å². The fourth-order valence-corrected chi connectivity index (χ4v) is 3.27. The zero-order valence-electron chi connectivity index (χ0n) is 14.3. The summed E-state index contributed by atoms with van der Waals surface area (Å²) in [5, 5.41) is 18.2. The summed E-state index contributed by atoms with van der Waals surface area (Å²) in [6.45, 7) is 9.59. The molecule has 122 valence electrons. The van der Waals surface area contributed by atoms with Crippen molar-refractivity contribution in [2.45, 2.75) is 57.7 Å². The Morgan fingerprint density at radius 2 is 1.87 bits per heavy atom. The number of aromatic nitrogens is 3. The standard InChI is InChI=1S/C18H24N4S/c1-5-22-16(20-21-17(22)23-13-7-6-12-19)14-8-10-15(11-9-14)18(2,3)4/h8-11H,5-7,13H2,1-4H3. The van der Waals surface area contributed by atoms with Crippen LogP contribution in [-0.4, -0.2) is 20.5 Å². The Labute approximate surface area is 142 Å². The van der Waals surface area contributed by atoms with E-state index >= 15 is 0 Å². The minimum atomic E-state index is 0.152. The van der Waals surface area contributed by atoms with Gasteiger partial charge in [0.1, 0.15) is 0 Å². The number of nitriles is 1. The highest BCUT2D eigenvalue weighted by atomic mass is 32.2. The average molecular weight is 328 g/mol. The first-order chi connectivity index (χ1) is 11.0. The smallest absolute Gasteiger partial charge is 0.191 e. The molecule has 0 amide bonds. The van der Waals surface area contributed by atoms with Crippen LogP contribution in [0.4, 0.5) is 0 Å². The lowest BCUT2D eigenvalue weighted by Gasteiger charge is -2.19. The average Bonchev–Trinajstić information content (AvgIpc) is 2.93. The van der Waals surface area contributed by atoms with Crippen LogP contribution in [0.1, 0.15) is 46.1 Å². The molecule has 2 rings (SSSR count). The van der Waals surface area contributed by atoms with Crippen LogP contribution in [0.2, 0.25) is 0 Å². The summed E-state index contributed by atoms with van der Waals surface area (Å²) >= 11 is 1.67. The van der Waals surface area contributed by atoms with Gasteiger partial charge in [-0.3, -0.25) is 0 Å². The van der Waals surface area contributed by atoms with Gasteiger partial charge in [-0.25, -0.2) is 0 Å². The Kier molecular flexibility index (Phi) is 5.84. The molecule has 0 radical (unpaired) electrons. The van der Waals surface area contributed by atoms with Crippen molar-refractivity contribution in [3.05, 3.63) is 29.8 Å². The molecule has 0 aliphatic carbocycles. The zero-order chi connectivity index (χ0) is 16.9. The number of hydrogen-bond acceptors (Lipinski definition) is 4. The maximum absolute atomic E-state index is 8.60. The van der Waals surface area contributed by atoms with Crippen molar-refractivity contribution in [1.82, 2.24) is 14.8 Å². The second-order valence-electron chi connectivity index (χ2n) is 6.49. The van der Waals surface area contributed by atoms with Crippen molar-refractivity contribution < 1.29 is 0 Å². The van der Waals surface area contributed by atoms with Crippen LogP contribution in [0.15, 0.2) is 29.4 Å². The predicted molar refractivity (Wildman–Crippen MR) is 95.4 cm³/mol. The van der Waals surface area contributed by atoms with Crippen LogP contribution in [0.25, 0.3) is 11.4 Å². The molecule has 0 N–H and O–H groups in total. The Hall–Kier alpha value is -1.80. The molecule has 0 bridgehead atoms. The summed E-state index contributed by atoms with van der Waals surface area (Å²) in [5.41, 5.74) is 2.56. The van der Waals surface area contributed by atoms with Gasteiger partial charge in [0, 0.05) is 24.3 Å². The summed E-state index contributed by atoms with van der Waals surface area (Å²) in [6.07, 6.45) is 1.47. The Morgan fingerprint density at radius 3 is 2.43 bits per heavy atom. The minimum Gasteiger partial charge on any atom is -0.302 e. The molecule has 0 aliphatic heterocycles. The van der Waals surface area contributed by atoms with Crippen molar-refractivity contribution in [1.29, 1.82) is 5.26 Å². The van der Waals surface area contributed by atoms with Crippen LogP contribution in [0.5, 0.6) is 0 Å². The van der Waals surface area contributed by atoms with Gasteiger partial charge in [0.2, 0.25) is 0 Å². The lowest BCUT2D eigenvalue weighted by Crippen LogP contribution is -2.10. The first-order valence-electron chi connectivity index (χ1n) is 8.01. The van der Waals surface area contributed by atoms with Crippen LogP contribution < -0.4 is 0 Å². The molecule has 23 heavy (non-hydrogen) atoms. The Morgan fingerprint density at radius 1 is 1.17 bits per heavy atom. The second kappa shape index (κ2) is 7.65. The predicted octanol–water partition coefficient (Wildman–Crippen LogP) is 4.66. The molecule has 5 heteroatoms. The molecular weight excluding hydrogens is 304 g/mol. The molecular formula is C18H24N4S. The van der Waals surface area contributed by atoms with Crippen molar-refractivity contribution >= 4 is 11.8 Å². The van der Waals surface area contributed by atoms with Crippen molar-refractivity contribution in [2.75, 3.05) is 5.75 Å². The van der Waals surface area contributed by atoms with Gasteiger partial charge < -0.3 is 4.57 Å². The maximum atomic E-state index is 8.60. The summed E-state index contributed by atoms with van der Waals surface area (Å²) in [7, 11) is 0. The van der Waals surface area contributed by atoms with Crippen LogP contribution in [0.3, 0.4) is 0 Å². The molecule has 4 nitrogen and oxygen atoms in total. The molecule has 0 atom stereocenters. The zero-order valence-corrected chi connectivity index (χ0v) is 15.2. The lowest BCUT2D eigenvalue weighted by molar-refractivity contribution is 0.590. The van der Waals surface area contributed by atoms with E-state index in [4.69, 9.17) is 5.26 Å². The highest BCUT2D eigenvalue weighted by Gasteiger charge is 2.16. The molecule has 2 aromatic rings. The molecule has 0 saturated heterocycles. The van der Waals surface area contributed by atoms with E-state index < -0.39 is 0 Å². The van der Waals surface area contributed by atoms with Gasteiger partial charge in [0.25, 0.3) is 0 Å². The van der Waals surface area contributed by atoms with E-state index in [1.807, 2.05) is 0 Å². The third-order valence-electron chi connectivity index (χ3n) is 3.71. The number of nitrogens with zero attached hydrogens (tertiary/aromatic N) is 4. The lowest BCUT2D eigenvalue weighted by atomic mass is 9.87. The van der Waals surface area contributed by atoms with Gasteiger partial charge in [0.05, 0.1) is 6.07 Å². The van der Waals surface area contributed by atoms with Gasteiger partial charge in [-0.1, -0.05) is 56.8 Å². The van der Waals surface area contributed by atoms with Gasteiger partial charge in [-0.15, -0.1) is 10.2 Å². The fourth-order valence-electron chi connectivity index (χ4n) is 2.33. The van der Waals surface area contributed by atoms with Crippen molar-refractivity contribution in [2.24, 2.45) is 0 Å². The number of hydrogen-bond donors (Lipinski definition) is 0. The summed E-state index contributed by atoms with van der Waals surface area (Å²) in [6, 6.07) is 10.8. The molecule has 0 fully saturated rings. The van der Waals surface area contributed by atoms with Crippen molar-refractivity contribution in [3.8, 4) is 17.5 Å². The van der Waals surface area contributed by atoms with E-state index in [-0.39, 0.29) is 5.41 Å². The number of unbranched alkanes of at least 4 members (excludes halogenated alkanes) is 1. The third kappa shape index (κ3) is 4.35. The second-order valence-corrected chi connectivity index (χ2v) is 7.55. The molecule has 0 saturated carbocycles. The molecule has 1 heterocycles. The SMILES string of the molecule is CCn1c(SCCCC#N)nnc1-c1ccc(C(C)(C)C)cc1. The topological polar surface area (TPSA) is 54.5 Å². The van der Waals surface area contributed by atoms with E-state index in [0.717, 1.165) is 35.3 Å². The first-order valence-corrected chi connectivity index (χ1v) is 8.99. The van der Waals surface area contributed by atoms with Gasteiger partial charge in [0.15, 0.2) is 11.0 Å². The first kappa shape index (κ1) is 17.6. The summed E-state index contributed by atoms with van der Waals surface area (Å²) in [4.78, 5) is 0. The van der Waals surface area contributed by atoms with Gasteiger partial charge in [-0.2, -0.15) is 5.26 Å². The van der Waals surface area contributed by atoms with Crippen molar-refractivity contribution in [3.63, 3.8) is 0 Å². The highest BCUT2D eigenvalue weighted by Crippen LogP contribution is 2.27. The highest BCUT2D eigenvalue weighted by molar-refractivity contribution is 7.99. The Balaban J connectivity index is 2.20. The summed E-state index contributed by atoms with van der Waals surface area (Å²) < 4.78 is 2.14. The van der Waals surface area contributed by atoms with Gasteiger partial charge in [-0.05, 0) is 24.3 Å². The largest absolute Gasteiger partial charge is 0.302 e. The van der Waals surface area contributed by atoms with E-state index in [0.29, 0.717) is 6.42 Å². The maximum Gasteiger partial charge on any atom is 0.191 e. The minimum absolute atomic E-state index is 0.152. The molecule has 0 unspecified atom stereocenters. The van der Waals surface area contributed by atoms with Crippen LogP contribution in [0, 0.1) is 11.3 Å². The number of thioether (sulfide) groups is 1. The fraction of sp³-hybridized carbons (Fsp3) is 0.500. The van der Waals surface area contributed by atoms with Crippen LogP contribution >= 0.6 is 11.8 Å². The quantitative estimate of drug-likeness (QED) is 0.572. The third-order valence-corrected chi connectivity index (χ3v) is 4.76. The number of benzene rings is 1. The molecule has 0 aliphatic rings. The van der Waals surface area contributed by atoms with Crippen LogP contribution in [-0.2, 0) is 12.0 Å². The molecule has 1 aromatic heterocycles. The normalized spacial score (nSPS) is 11.4. The van der Waals surface area contributed by atoms with E-state index in [1.54, 1.807) is 11.8 Å². The Bertz CT molecular complexity index is 675. The van der Waals surface area contributed by atoms with E-state index in [9.17, 15) is 0 Å². The van der Waals surface area contributed by atoms with E-state index in [1.165, 1.54) is 5.56 Å². The number of rotatable bonds is 6. The molecule has 0 spiro atoms. The summed E-state index contributed by atoms with van der Waals surface area (Å²) in [5.74, 6) is 1.81.